The summed E-state index contributed by atoms with van der Waals surface area (Å²) in [5.74, 6) is -1.23. The minimum absolute atomic E-state index is 0.0229. The zero-order valence-corrected chi connectivity index (χ0v) is 17.5. The summed E-state index contributed by atoms with van der Waals surface area (Å²) in [6.45, 7) is -0.0444. The third-order valence-electron chi connectivity index (χ3n) is 4.06. The third kappa shape index (κ3) is 5.91. The van der Waals surface area contributed by atoms with Gasteiger partial charge in [-0.05, 0) is 35.6 Å². The molecule has 1 amide bonds. The Labute approximate surface area is 178 Å². The first-order valence-corrected chi connectivity index (χ1v) is 11.4. The van der Waals surface area contributed by atoms with Crippen LogP contribution in [0.5, 0.6) is 0 Å². The molecule has 0 aliphatic rings. The molecule has 3 aromatic rings. The summed E-state index contributed by atoms with van der Waals surface area (Å²) in [5, 5.41) is 4.33. The maximum absolute atomic E-state index is 12.4. The Kier molecular flexibility index (Phi) is 7.21. The smallest absolute Gasteiger partial charge is 0.340 e. The van der Waals surface area contributed by atoms with Gasteiger partial charge in [0, 0.05) is 6.54 Å². The zero-order chi connectivity index (χ0) is 21.4. The molecule has 0 radical (unpaired) electrons. The molecular weight excluding hydrogens is 424 g/mol. The summed E-state index contributed by atoms with van der Waals surface area (Å²) in [6, 6.07) is 18.8. The normalized spacial score (nSPS) is 10.9. The maximum atomic E-state index is 12.4. The van der Waals surface area contributed by atoms with Crippen molar-refractivity contribution in [2.45, 2.75) is 10.6 Å². The lowest BCUT2D eigenvalue weighted by molar-refractivity contribution is -0.124. The Balaban J connectivity index is 1.55. The number of hydrogen-bond acceptors (Lipinski definition) is 6. The summed E-state index contributed by atoms with van der Waals surface area (Å²) >= 11 is 1.06. The van der Waals surface area contributed by atoms with Gasteiger partial charge in [-0.15, -0.1) is 11.3 Å². The molecule has 0 fully saturated rings. The second-order valence-corrected chi connectivity index (χ2v) is 9.10. The molecule has 2 aromatic carbocycles. The average Bonchev–Trinajstić information content (AvgIpc) is 3.29. The number of anilines is 1. The van der Waals surface area contributed by atoms with Gasteiger partial charge in [-0.2, -0.15) is 0 Å². The van der Waals surface area contributed by atoms with Gasteiger partial charge < -0.3 is 10.1 Å². The van der Waals surface area contributed by atoms with Crippen LogP contribution in [0.2, 0.25) is 0 Å². The molecule has 2 N–H and O–H groups in total. The number of esters is 1. The van der Waals surface area contributed by atoms with Crippen LogP contribution in [-0.2, 0) is 26.0 Å². The lowest BCUT2D eigenvalue weighted by Crippen LogP contribution is -2.30. The number of thiophene rings is 1. The average molecular weight is 445 g/mol. The van der Waals surface area contributed by atoms with E-state index < -0.39 is 28.5 Å². The molecule has 0 spiro atoms. The molecule has 0 aliphatic carbocycles. The van der Waals surface area contributed by atoms with Crippen molar-refractivity contribution in [2.24, 2.45) is 0 Å². The molecule has 1 heterocycles. The summed E-state index contributed by atoms with van der Waals surface area (Å²) in [6.07, 6.45) is 0.661. The second-order valence-electron chi connectivity index (χ2n) is 6.24. The molecule has 0 unspecified atom stereocenters. The highest BCUT2D eigenvalue weighted by Gasteiger charge is 2.20. The van der Waals surface area contributed by atoms with Crippen molar-refractivity contribution in [3.63, 3.8) is 0 Å². The first-order chi connectivity index (χ1) is 14.5. The first kappa shape index (κ1) is 21.5. The molecule has 156 valence electrons. The Morgan fingerprint density at radius 3 is 2.40 bits per heavy atom. The van der Waals surface area contributed by atoms with Crippen molar-refractivity contribution in [3.05, 3.63) is 83.2 Å². The van der Waals surface area contributed by atoms with E-state index in [1.165, 1.54) is 18.2 Å². The number of rotatable bonds is 9. The molecule has 0 aliphatic heterocycles. The molecule has 9 heteroatoms. The minimum Gasteiger partial charge on any atom is -0.452 e. The van der Waals surface area contributed by atoms with Gasteiger partial charge in [0.15, 0.2) is 6.61 Å². The van der Waals surface area contributed by atoms with E-state index in [-0.39, 0.29) is 15.5 Å². The number of ether oxygens (including phenoxy) is 1. The van der Waals surface area contributed by atoms with Gasteiger partial charge in [0.05, 0.1) is 11.3 Å². The van der Waals surface area contributed by atoms with Gasteiger partial charge in [-0.1, -0.05) is 48.5 Å². The predicted molar refractivity (Wildman–Crippen MR) is 115 cm³/mol. The molecule has 3 rings (SSSR count). The van der Waals surface area contributed by atoms with Crippen molar-refractivity contribution >= 4 is 38.9 Å². The summed E-state index contributed by atoms with van der Waals surface area (Å²) in [5.41, 5.74) is 1.19. The fraction of sp³-hybridized carbons (Fsp3) is 0.143. The van der Waals surface area contributed by atoms with Crippen molar-refractivity contribution < 1.29 is 22.7 Å². The van der Waals surface area contributed by atoms with Crippen molar-refractivity contribution in [1.82, 2.24) is 5.32 Å². The monoisotopic (exact) mass is 444 g/mol. The number of benzene rings is 2. The molecule has 0 bridgehead atoms. The maximum Gasteiger partial charge on any atom is 0.340 e. The van der Waals surface area contributed by atoms with Gasteiger partial charge in [0.2, 0.25) is 0 Å². The van der Waals surface area contributed by atoms with Crippen LogP contribution in [0.3, 0.4) is 0 Å². The summed E-state index contributed by atoms with van der Waals surface area (Å²) in [4.78, 5) is 24.3. The van der Waals surface area contributed by atoms with E-state index in [9.17, 15) is 18.0 Å². The number of carbonyl (C=O) groups excluding carboxylic acids is 2. The Bertz CT molecular complexity index is 1100. The van der Waals surface area contributed by atoms with E-state index in [4.69, 9.17) is 4.74 Å². The molecule has 1 aromatic heterocycles. The lowest BCUT2D eigenvalue weighted by atomic mass is 10.1. The molecule has 7 nitrogen and oxygen atoms in total. The van der Waals surface area contributed by atoms with Crippen LogP contribution in [0.4, 0.5) is 5.69 Å². The molecular formula is C21H20N2O5S2. The van der Waals surface area contributed by atoms with E-state index in [1.807, 2.05) is 30.3 Å². The third-order valence-corrected chi connectivity index (χ3v) is 6.83. The fourth-order valence-electron chi connectivity index (χ4n) is 2.61. The zero-order valence-electron chi connectivity index (χ0n) is 15.9. The van der Waals surface area contributed by atoms with Gasteiger partial charge in [0.1, 0.15) is 4.21 Å². The highest BCUT2D eigenvalue weighted by atomic mass is 32.2. The highest BCUT2D eigenvalue weighted by molar-refractivity contribution is 7.94. The van der Waals surface area contributed by atoms with E-state index >= 15 is 0 Å². The molecule has 30 heavy (non-hydrogen) atoms. The number of para-hydroxylation sites is 1. The van der Waals surface area contributed by atoms with Crippen molar-refractivity contribution in [2.75, 3.05) is 17.9 Å². The van der Waals surface area contributed by atoms with Crippen molar-refractivity contribution in [1.29, 1.82) is 0 Å². The Hall–Kier alpha value is -3.17. The van der Waals surface area contributed by atoms with Crippen LogP contribution in [0.15, 0.2) is 76.3 Å². The van der Waals surface area contributed by atoms with Crippen molar-refractivity contribution in [3.8, 4) is 0 Å². The number of carbonyl (C=O) groups is 2. The van der Waals surface area contributed by atoms with Crippen LogP contribution in [0, 0.1) is 0 Å². The number of sulfonamides is 1. The Morgan fingerprint density at radius 1 is 0.933 bits per heavy atom. The van der Waals surface area contributed by atoms with Crippen LogP contribution in [0.1, 0.15) is 15.9 Å². The number of hydrogen-bond donors (Lipinski definition) is 2. The minimum atomic E-state index is -3.81. The van der Waals surface area contributed by atoms with Crippen LogP contribution in [0.25, 0.3) is 0 Å². The van der Waals surface area contributed by atoms with Crippen LogP contribution < -0.4 is 10.0 Å². The summed E-state index contributed by atoms with van der Waals surface area (Å²) < 4.78 is 32.4. The van der Waals surface area contributed by atoms with Crippen LogP contribution >= 0.6 is 11.3 Å². The largest absolute Gasteiger partial charge is 0.452 e. The highest BCUT2D eigenvalue weighted by Crippen LogP contribution is 2.23. The summed E-state index contributed by atoms with van der Waals surface area (Å²) in [7, 11) is -3.81. The predicted octanol–water partition coefficient (Wildman–Crippen LogP) is 3.06. The lowest BCUT2D eigenvalue weighted by Gasteiger charge is -2.11. The van der Waals surface area contributed by atoms with Gasteiger partial charge in [-0.3, -0.25) is 9.52 Å². The van der Waals surface area contributed by atoms with E-state index in [2.05, 4.69) is 10.0 Å². The number of nitrogens with one attached hydrogen (secondary N) is 2. The van der Waals surface area contributed by atoms with E-state index in [0.717, 1.165) is 16.9 Å². The quantitative estimate of drug-likeness (QED) is 0.494. The van der Waals surface area contributed by atoms with Gasteiger partial charge in [-0.25, -0.2) is 13.2 Å². The topological polar surface area (TPSA) is 102 Å². The van der Waals surface area contributed by atoms with E-state index in [1.54, 1.807) is 23.6 Å². The van der Waals surface area contributed by atoms with Crippen LogP contribution in [-0.4, -0.2) is 33.4 Å². The molecule has 0 saturated carbocycles. The fourth-order valence-corrected chi connectivity index (χ4v) is 4.68. The first-order valence-electron chi connectivity index (χ1n) is 9.09. The second kappa shape index (κ2) is 10.0. The molecule has 0 atom stereocenters. The molecule has 0 saturated heterocycles. The van der Waals surface area contributed by atoms with Gasteiger partial charge >= 0.3 is 5.97 Å². The Morgan fingerprint density at radius 2 is 1.67 bits per heavy atom. The number of amides is 1. The standard InChI is InChI=1S/C21H20N2O5S2/c24-19(22-13-12-16-7-2-1-3-8-16)15-28-21(25)17-9-4-5-10-18(17)23-30(26,27)20-11-6-14-29-20/h1-11,14,23H,12-13,15H2,(H,22,24). The van der Waals surface area contributed by atoms with Gasteiger partial charge in [0.25, 0.3) is 15.9 Å². The van der Waals surface area contributed by atoms with E-state index in [0.29, 0.717) is 13.0 Å². The SMILES string of the molecule is O=C(COC(=O)c1ccccc1NS(=O)(=O)c1cccs1)NCCc1ccccc1.